The Morgan fingerprint density at radius 1 is 1.77 bits per heavy atom. The highest BCUT2D eigenvalue weighted by atomic mass is 79.9. The van der Waals surface area contributed by atoms with Crippen molar-refractivity contribution in [1.29, 1.82) is 0 Å². The molecule has 1 N–H and O–H groups in total. The molecule has 0 fully saturated rings. The van der Waals surface area contributed by atoms with Gasteiger partial charge < -0.3 is 5.32 Å². The summed E-state index contributed by atoms with van der Waals surface area (Å²) in [6.45, 7) is 0. The molecule has 5 heteroatoms. The standard InChI is InChI=1S/C8H9BrN2OS/c1-10-7(12)5-13-8-6(9)3-2-4-11-8/h2-4H,5H2,1H3,(H,10,12). The number of pyridine rings is 1. The second-order valence-corrected chi connectivity index (χ2v) is 4.07. The molecule has 3 nitrogen and oxygen atoms in total. The van der Waals surface area contributed by atoms with Crippen LogP contribution >= 0.6 is 27.7 Å². The fraction of sp³-hybridized carbons (Fsp3) is 0.250. The van der Waals surface area contributed by atoms with Gasteiger partial charge in [0.1, 0.15) is 5.03 Å². The summed E-state index contributed by atoms with van der Waals surface area (Å²) in [7, 11) is 1.62. The molecule has 1 amide bonds. The summed E-state index contributed by atoms with van der Waals surface area (Å²) in [5.74, 6) is 0.397. The van der Waals surface area contributed by atoms with E-state index in [4.69, 9.17) is 0 Å². The van der Waals surface area contributed by atoms with Crippen molar-refractivity contribution in [2.24, 2.45) is 0 Å². The van der Waals surface area contributed by atoms with Crippen molar-refractivity contribution >= 4 is 33.6 Å². The summed E-state index contributed by atoms with van der Waals surface area (Å²) in [5.41, 5.74) is 0. The quantitative estimate of drug-likeness (QED) is 0.842. The molecule has 1 aromatic heterocycles. The Balaban J connectivity index is 2.54. The molecule has 70 valence electrons. The lowest BCUT2D eigenvalue weighted by atomic mass is 10.5. The van der Waals surface area contributed by atoms with Gasteiger partial charge in [-0.05, 0) is 28.1 Å². The van der Waals surface area contributed by atoms with E-state index in [1.807, 2.05) is 12.1 Å². The number of rotatable bonds is 3. The van der Waals surface area contributed by atoms with Crippen molar-refractivity contribution < 1.29 is 4.79 Å². The number of nitrogens with one attached hydrogen (secondary N) is 1. The molecule has 0 saturated heterocycles. The van der Waals surface area contributed by atoms with Gasteiger partial charge in [0.05, 0.1) is 5.75 Å². The molecule has 0 unspecified atom stereocenters. The summed E-state index contributed by atoms with van der Waals surface area (Å²) < 4.78 is 0.920. The van der Waals surface area contributed by atoms with E-state index in [-0.39, 0.29) is 5.91 Å². The smallest absolute Gasteiger partial charge is 0.230 e. The first-order valence-electron chi connectivity index (χ1n) is 3.68. The summed E-state index contributed by atoms with van der Waals surface area (Å²) >= 11 is 4.76. The van der Waals surface area contributed by atoms with Crippen molar-refractivity contribution in [3.8, 4) is 0 Å². The van der Waals surface area contributed by atoms with Crippen molar-refractivity contribution in [2.75, 3.05) is 12.8 Å². The second-order valence-electron chi connectivity index (χ2n) is 2.25. The molecule has 0 aromatic carbocycles. The van der Waals surface area contributed by atoms with Gasteiger partial charge >= 0.3 is 0 Å². The number of carbonyl (C=O) groups excluding carboxylic acids is 1. The molecule has 0 aliphatic carbocycles. The van der Waals surface area contributed by atoms with E-state index in [0.29, 0.717) is 5.75 Å². The minimum atomic E-state index is 0.00236. The average molecular weight is 261 g/mol. The topological polar surface area (TPSA) is 42.0 Å². The third-order valence-corrected chi connectivity index (χ3v) is 3.25. The third-order valence-electron chi connectivity index (χ3n) is 1.34. The van der Waals surface area contributed by atoms with Gasteiger partial charge in [-0.25, -0.2) is 4.98 Å². The highest BCUT2D eigenvalue weighted by Gasteiger charge is 2.03. The number of hydrogen-bond acceptors (Lipinski definition) is 3. The van der Waals surface area contributed by atoms with Crippen LogP contribution in [0.5, 0.6) is 0 Å². The maximum absolute atomic E-state index is 10.9. The van der Waals surface area contributed by atoms with Crippen molar-refractivity contribution in [1.82, 2.24) is 10.3 Å². The monoisotopic (exact) mass is 260 g/mol. The zero-order valence-electron chi connectivity index (χ0n) is 7.08. The number of carbonyl (C=O) groups is 1. The van der Waals surface area contributed by atoms with Crippen molar-refractivity contribution in [3.05, 3.63) is 22.8 Å². The first-order chi connectivity index (χ1) is 6.24. The predicted octanol–water partition coefficient (Wildman–Crippen LogP) is 1.68. The molecular formula is C8H9BrN2OS. The van der Waals surface area contributed by atoms with Gasteiger partial charge in [0, 0.05) is 17.7 Å². The van der Waals surface area contributed by atoms with Crippen LogP contribution in [-0.2, 0) is 4.79 Å². The molecule has 1 aromatic rings. The normalized spacial score (nSPS) is 9.69. The molecule has 0 spiro atoms. The number of hydrogen-bond donors (Lipinski definition) is 1. The predicted molar refractivity (Wildman–Crippen MR) is 56.7 cm³/mol. The van der Waals surface area contributed by atoms with Crippen molar-refractivity contribution in [3.63, 3.8) is 0 Å². The lowest BCUT2D eigenvalue weighted by molar-refractivity contribution is -0.118. The van der Waals surface area contributed by atoms with E-state index < -0.39 is 0 Å². The number of thioether (sulfide) groups is 1. The minimum Gasteiger partial charge on any atom is -0.358 e. The lowest BCUT2D eigenvalue weighted by Gasteiger charge is -2.01. The van der Waals surface area contributed by atoms with Gasteiger partial charge in [-0.1, -0.05) is 11.8 Å². The Labute approximate surface area is 89.4 Å². The van der Waals surface area contributed by atoms with Crippen LogP contribution in [0.4, 0.5) is 0 Å². The molecular weight excluding hydrogens is 252 g/mol. The largest absolute Gasteiger partial charge is 0.358 e. The van der Waals surface area contributed by atoms with Crippen LogP contribution in [0, 0.1) is 0 Å². The first kappa shape index (κ1) is 10.5. The van der Waals surface area contributed by atoms with Crippen LogP contribution in [-0.4, -0.2) is 23.7 Å². The van der Waals surface area contributed by atoms with Crippen LogP contribution in [0.15, 0.2) is 27.8 Å². The zero-order valence-corrected chi connectivity index (χ0v) is 9.48. The van der Waals surface area contributed by atoms with Crippen LogP contribution in [0.3, 0.4) is 0 Å². The maximum Gasteiger partial charge on any atom is 0.230 e. The number of nitrogens with zero attached hydrogens (tertiary/aromatic N) is 1. The molecule has 0 saturated carbocycles. The van der Waals surface area contributed by atoms with Crippen LogP contribution in [0.2, 0.25) is 0 Å². The Morgan fingerprint density at radius 2 is 2.54 bits per heavy atom. The van der Waals surface area contributed by atoms with Gasteiger partial charge in [0.15, 0.2) is 0 Å². The Bertz CT molecular complexity index is 306. The fourth-order valence-electron chi connectivity index (χ4n) is 0.683. The summed E-state index contributed by atoms with van der Waals surface area (Å²) in [4.78, 5) is 15.0. The highest BCUT2D eigenvalue weighted by Crippen LogP contribution is 2.23. The zero-order chi connectivity index (χ0) is 9.68. The van der Waals surface area contributed by atoms with Gasteiger partial charge in [0.25, 0.3) is 0 Å². The molecule has 0 radical (unpaired) electrons. The maximum atomic E-state index is 10.9. The van der Waals surface area contributed by atoms with Crippen LogP contribution < -0.4 is 5.32 Å². The summed E-state index contributed by atoms with van der Waals surface area (Å²) in [6.07, 6.45) is 1.71. The average Bonchev–Trinajstić information content (AvgIpc) is 2.16. The SMILES string of the molecule is CNC(=O)CSc1ncccc1Br. The fourth-order valence-corrected chi connectivity index (χ4v) is 2.04. The summed E-state index contributed by atoms with van der Waals surface area (Å²) in [6, 6.07) is 3.74. The second kappa shape index (κ2) is 5.24. The molecule has 1 rings (SSSR count). The van der Waals surface area contributed by atoms with Gasteiger partial charge in [-0.2, -0.15) is 0 Å². The summed E-state index contributed by atoms with van der Waals surface area (Å²) in [5, 5.41) is 3.39. The lowest BCUT2D eigenvalue weighted by Crippen LogP contribution is -2.19. The highest BCUT2D eigenvalue weighted by molar-refractivity contribution is 9.10. The van der Waals surface area contributed by atoms with E-state index in [1.54, 1.807) is 13.2 Å². The number of aromatic nitrogens is 1. The van der Waals surface area contributed by atoms with Crippen molar-refractivity contribution in [2.45, 2.75) is 5.03 Å². The van der Waals surface area contributed by atoms with E-state index >= 15 is 0 Å². The van der Waals surface area contributed by atoms with E-state index in [9.17, 15) is 4.79 Å². The van der Waals surface area contributed by atoms with Gasteiger partial charge in [-0.15, -0.1) is 0 Å². The van der Waals surface area contributed by atoms with Gasteiger partial charge in [-0.3, -0.25) is 4.79 Å². The Morgan fingerprint density at radius 3 is 3.15 bits per heavy atom. The molecule has 0 atom stereocenters. The van der Waals surface area contributed by atoms with Gasteiger partial charge in [0.2, 0.25) is 5.91 Å². The number of amides is 1. The van der Waals surface area contributed by atoms with Crippen LogP contribution in [0.1, 0.15) is 0 Å². The minimum absolute atomic E-state index is 0.00236. The van der Waals surface area contributed by atoms with Crippen LogP contribution in [0.25, 0.3) is 0 Å². The molecule has 0 aliphatic rings. The molecule has 1 heterocycles. The van der Waals surface area contributed by atoms with E-state index in [0.717, 1.165) is 9.50 Å². The Hall–Kier alpha value is -0.550. The Kier molecular flexibility index (Phi) is 4.24. The molecule has 0 bridgehead atoms. The van der Waals surface area contributed by atoms with E-state index in [1.165, 1.54) is 11.8 Å². The molecule has 13 heavy (non-hydrogen) atoms. The molecule has 0 aliphatic heterocycles. The van der Waals surface area contributed by atoms with E-state index in [2.05, 4.69) is 26.2 Å². The first-order valence-corrected chi connectivity index (χ1v) is 5.46. The number of halogens is 1. The third kappa shape index (κ3) is 3.36.